The van der Waals surface area contributed by atoms with Crippen molar-refractivity contribution in [3.05, 3.63) is 15.8 Å². The van der Waals surface area contributed by atoms with E-state index in [4.69, 9.17) is 5.11 Å². The van der Waals surface area contributed by atoms with Gasteiger partial charge in [0.05, 0.1) is 4.90 Å². The Morgan fingerprint density at radius 1 is 1.43 bits per heavy atom. The molecule has 0 aliphatic carbocycles. The van der Waals surface area contributed by atoms with Crippen LogP contribution >= 0.6 is 11.3 Å². The number of rotatable bonds is 9. The minimum Gasteiger partial charge on any atom is -0.477 e. The zero-order valence-electron chi connectivity index (χ0n) is 12.7. The van der Waals surface area contributed by atoms with E-state index < -0.39 is 16.0 Å². The van der Waals surface area contributed by atoms with E-state index in [1.165, 1.54) is 6.07 Å². The van der Waals surface area contributed by atoms with Crippen LogP contribution in [0.5, 0.6) is 0 Å². The van der Waals surface area contributed by atoms with Crippen LogP contribution in [0.15, 0.2) is 11.0 Å². The Hall–Kier alpha value is -0.920. The summed E-state index contributed by atoms with van der Waals surface area (Å²) in [5, 5.41) is 8.94. The molecular formula is C14H23NO4S2. The van der Waals surface area contributed by atoms with Crippen molar-refractivity contribution in [2.45, 2.75) is 51.3 Å². The number of aromatic carboxylic acids is 1. The lowest BCUT2D eigenvalue weighted by atomic mass is 10.00. The number of aryl methyl sites for hydroxylation is 1. The molecule has 0 fully saturated rings. The van der Waals surface area contributed by atoms with Gasteiger partial charge in [0.1, 0.15) is 4.88 Å². The van der Waals surface area contributed by atoms with Crippen molar-refractivity contribution >= 4 is 27.3 Å². The topological polar surface area (TPSA) is 83.5 Å². The number of hydrogen-bond donors (Lipinski definition) is 2. The van der Waals surface area contributed by atoms with Gasteiger partial charge in [-0.3, -0.25) is 0 Å². The summed E-state index contributed by atoms with van der Waals surface area (Å²) in [6, 6.07) is 1.23. The van der Waals surface area contributed by atoms with Crippen molar-refractivity contribution in [3.8, 4) is 0 Å². The van der Waals surface area contributed by atoms with E-state index in [1.54, 1.807) is 6.92 Å². The Labute approximate surface area is 130 Å². The van der Waals surface area contributed by atoms with E-state index in [-0.39, 0.29) is 9.77 Å². The Morgan fingerprint density at radius 2 is 2.10 bits per heavy atom. The third kappa shape index (κ3) is 5.09. The molecule has 5 nitrogen and oxygen atoms in total. The van der Waals surface area contributed by atoms with Crippen LogP contribution in [0.3, 0.4) is 0 Å². The first-order valence-electron chi connectivity index (χ1n) is 7.15. The second-order valence-corrected chi connectivity index (χ2v) is 8.10. The van der Waals surface area contributed by atoms with Crippen LogP contribution in [0.2, 0.25) is 0 Å². The van der Waals surface area contributed by atoms with Gasteiger partial charge in [-0.1, -0.05) is 33.1 Å². The maximum atomic E-state index is 12.3. The maximum absolute atomic E-state index is 12.3. The van der Waals surface area contributed by atoms with Gasteiger partial charge >= 0.3 is 5.97 Å². The fourth-order valence-corrected chi connectivity index (χ4v) is 4.63. The monoisotopic (exact) mass is 333 g/mol. The normalized spacial score (nSPS) is 13.3. The number of unbranched alkanes of at least 4 members (excludes halogenated alkanes) is 1. The van der Waals surface area contributed by atoms with Gasteiger partial charge in [0.25, 0.3) is 0 Å². The van der Waals surface area contributed by atoms with E-state index in [9.17, 15) is 13.2 Å². The van der Waals surface area contributed by atoms with Crippen LogP contribution in [0, 0.1) is 12.8 Å². The van der Waals surface area contributed by atoms with Gasteiger partial charge in [-0.25, -0.2) is 17.9 Å². The average molecular weight is 333 g/mol. The molecule has 0 saturated carbocycles. The van der Waals surface area contributed by atoms with Crippen molar-refractivity contribution < 1.29 is 18.3 Å². The molecule has 0 aromatic carbocycles. The molecule has 21 heavy (non-hydrogen) atoms. The van der Waals surface area contributed by atoms with Gasteiger partial charge in [-0.15, -0.1) is 11.3 Å². The van der Waals surface area contributed by atoms with Crippen LogP contribution in [0.1, 0.15) is 54.1 Å². The van der Waals surface area contributed by atoms with Crippen molar-refractivity contribution in [1.82, 2.24) is 4.72 Å². The van der Waals surface area contributed by atoms with Crippen LogP contribution < -0.4 is 4.72 Å². The molecular weight excluding hydrogens is 310 g/mol. The third-order valence-electron chi connectivity index (χ3n) is 3.48. The summed E-state index contributed by atoms with van der Waals surface area (Å²) >= 11 is 0.985. The van der Waals surface area contributed by atoms with Crippen LogP contribution in [-0.2, 0) is 10.0 Å². The fourth-order valence-electron chi connectivity index (χ4n) is 2.09. The number of carbonyl (C=O) groups is 1. The van der Waals surface area contributed by atoms with Gasteiger partial charge in [0.2, 0.25) is 10.0 Å². The summed E-state index contributed by atoms with van der Waals surface area (Å²) in [6.45, 7) is 6.18. The van der Waals surface area contributed by atoms with E-state index in [0.717, 1.165) is 37.0 Å². The first kappa shape index (κ1) is 18.1. The largest absolute Gasteiger partial charge is 0.477 e. The number of hydrogen-bond acceptors (Lipinski definition) is 4. The zero-order chi connectivity index (χ0) is 16.0. The van der Waals surface area contributed by atoms with E-state index in [1.807, 2.05) is 6.92 Å². The molecule has 1 rings (SSSR count). The lowest BCUT2D eigenvalue weighted by Crippen LogP contribution is -2.29. The number of nitrogens with one attached hydrogen (secondary N) is 1. The molecule has 2 N–H and O–H groups in total. The van der Waals surface area contributed by atoms with Gasteiger partial charge in [0, 0.05) is 11.4 Å². The summed E-state index contributed by atoms with van der Waals surface area (Å²) in [5.74, 6) is -0.781. The number of carboxylic acid groups (broad SMARTS) is 1. The quantitative estimate of drug-likeness (QED) is 0.726. The molecule has 1 unspecified atom stereocenters. The smallest absolute Gasteiger partial charge is 0.345 e. The van der Waals surface area contributed by atoms with Crippen molar-refractivity contribution in [2.24, 2.45) is 5.92 Å². The predicted molar refractivity (Wildman–Crippen MR) is 84.5 cm³/mol. The second kappa shape index (κ2) is 7.91. The summed E-state index contributed by atoms with van der Waals surface area (Å²) in [5.41, 5.74) is 0. The molecule has 0 radical (unpaired) electrons. The fraction of sp³-hybridized carbons (Fsp3) is 0.643. The Morgan fingerprint density at radius 3 is 2.57 bits per heavy atom. The molecule has 0 saturated heterocycles. The molecule has 0 bridgehead atoms. The van der Waals surface area contributed by atoms with Gasteiger partial charge in [-0.2, -0.15) is 0 Å². The van der Waals surface area contributed by atoms with Gasteiger partial charge in [0.15, 0.2) is 0 Å². The second-order valence-electron chi connectivity index (χ2n) is 5.10. The molecule has 7 heteroatoms. The number of carboxylic acids is 1. The lowest BCUT2D eigenvalue weighted by Gasteiger charge is -2.15. The highest BCUT2D eigenvalue weighted by molar-refractivity contribution is 7.89. The maximum Gasteiger partial charge on any atom is 0.345 e. The van der Waals surface area contributed by atoms with Crippen molar-refractivity contribution in [1.29, 1.82) is 0 Å². The zero-order valence-corrected chi connectivity index (χ0v) is 14.3. The minimum absolute atomic E-state index is 0.0471. The van der Waals surface area contributed by atoms with Gasteiger partial charge in [-0.05, 0) is 25.3 Å². The average Bonchev–Trinajstić information content (AvgIpc) is 2.82. The van der Waals surface area contributed by atoms with E-state index in [2.05, 4.69) is 11.6 Å². The predicted octanol–water partition coefficient (Wildman–Crippen LogP) is 3.25. The Bertz CT molecular complexity index is 578. The highest BCUT2D eigenvalue weighted by Crippen LogP contribution is 2.26. The summed E-state index contributed by atoms with van der Waals surface area (Å²) in [4.78, 5) is 11.5. The molecule has 1 aromatic heterocycles. The summed E-state index contributed by atoms with van der Waals surface area (Å²) in [6.07, 6.45) is 4.10. The third-order valence-corrected chi connectivity index (χ3v) is 6.20. The van der Waals surface area contributed by atoms with Crippen LogP contribution in [0.4, 0.5) is 0 Å². The first-order valence-corrected chi connectivity index (χ1v) is 9.45. The van der Waals surface area contributed by atoms with Crippen LogP contribution in [0.25, 0.3) is 0 Å². The Kier molecular flexibility index (Phi) is 6.83. The molecule has 120 valence electrons. The molecule has 0 aliphatic heterocycles. The Balaban J connectivity index is 2.79. The van der Waals surface area contributed by atoms with Crippen molar-refractivity contribution in [3.63, 3.8) is 0 Å². The molecule has 0 amide bonds. The number of thiophene rings is 1. The van der Waals surface area contributed by atoms with Crippen molar-refractivity contribution in [2.75, 3.05) is 6.54 Å². The summed E-state index contributed by atoms with van der Waals surface area (Å²) < 4.78 is 27.2. The first-order chi connectivity index (χ1) is 9.81. The van der Waals surface area contributed by atoms with Gasteiger partial charge < -0.3 is 5.11 Å². The molecule has 0 spiro atoms. The molecule has 1 heterocycles. The highest BCUT2D eigenvalue weighted by Gasteiger charge is 2.22. The molecule has 0 aliphatic rings. The standard InChI is InChI=1S/C14H23NO4S2/c1-4-6-7-11(5-2)9-15-21(18,19)13-8-12(14(16)17)20-10(13)3/h8,11,15H,4-7,9H2,1-3H3,(H,16,17). The van der Waals surface area contributed by atoms with E-state index in [0.29, 0.717) is 17.3 Å². The minimum atomic E-state index is -3.64. The SMILES string of the molecule is CCCCC(CC)CNS(=O)(=O)c1cc(C(=O)O)sc1C. The van der Waals surface area contributed by atoms with Crippen LogP contribution in [-0.4, -0.2) is 26.0 Å². The molecule has 1 aromatic rings. The highest BCUT2D eigenvalue weighted by atomic mass is 32.2. The summed E-state index contributed by atoms with van der Waals surface area (Å²) in [7, 11) is -3.64. The number of sulfonamides is 1. The van der Waals surface area contributed by atoms with E-state index >= 15 is 0 Å². The molecule has 1 atom stereocenters. The lowest BCUT2D eigenvalue weighted by molar-refractivity contribution is 0.0702.